The largest absolute Gasteiger partial charge is 0.307 e. The third kappa shape index (κ3) is 4.26. The molecule has 1 aromatic carbocycles. The monoisotopic (exact) mass is 369 g/mol. The van der Waals surface area contributed by atoms with Gasteiger partial charge in [0.15, 0.2) is 0 Å². The minimum atomic E-state index is -0.641. The van der Waals surface area contributed by atoms with E-state index in [0.717, 1.165) is 21.7 Å². The fourth-order valence-electron chi connectivity index (χ4n) is 1.81. The van der Waals surface area contributed by atoms with Gasteiger partial charge in [-0.05, 0) is 18.2 Å². The SMILES string of the molecule is N#Cc1cc([N+](=O)[O-])cn(CCSc2cc(Cl)ccc2Cl)c1=O. The molecule has 0 aliphatic carbocycles. The van der Waals surface area contributed by atoms with Gasteiger partial charge in [-0.15, -0.1) is 11.8 Å². The molecule has 118 valence electrons. The lowest BCUT2D eigenvalue weighted by Gasteiger charge is -2.07. The molecule has 1 heterocycles. The summed E-state index contributed by atoms with van der Waals surface area (Å²) in [4.78, 5) is 23.0. The van der Waals surface area contributed by atoms with Gasteiger partial charge >= 0.3 is 0 Å². The van der Waals surface area contributed by atoms with Gasteiger partial charge in [0, 0.05) is 28.3 Å². The van der Waals surface area contributed by atoms with Gasteiger partial charge in [0.25, 0.3) is 11.2 Å². The van der Waals surface area contributed by atoms with Crippen LogP contribution in [0.1, 0.15) is 5.56 Å². The summed E-state index contributed by atoms with van der Waals surface area (Å²) in [5.74, 6) is 0.437. The second-order valence-electron chi connectivity index (χ2n) is 4.40. The summed E-state index contributed by atoms with van der Waals surface area (Å²) >= 11 is 13.3. The van der Waals surface area contributed by atoms with Crippen molar-refractivity contribution in [2.75, 3.05) is 5.75 Å². The Morgan fingerprint density at radius 3 is 2.74 bits per heavy atom. The molecule has 0 aliphatic rings. The van der Waals surface area contributed by atoms with Crippen LogP contribution in [0.4, 0.5) is 5.69 Å². The number of pyridine rings is 1. The third-order valence-electron chi connectivity index (χ3n) is 2.89. The van der Waals surface area contributed by atoms with Gasteiger partial charge in [0.2, 0.25) is 0 Å². The standard InChI is InChI=1S/C14H9Cl2N3O3S/c15-10-1-2-12(16)13(6-10)23-4-3-18-8-11(19(21)22)5-9(7-17)14(18)20/h1-2,5-6,8H,3-4H2. The normalized spacial score (nSPS) is 10.3. The summed E-state index contributed by atoms with van der Waals surface area (Å²) in [5, 5.41) is 20.8. The molecule has 0 spiro atoms. The first kappa shape index (κ1) is 17.3. The van der Waals surface area contributed by atoms with E-state index < -0.39 is 10.5 Å². The second-order valence-corrected chi connectivity index (χ2v) is 6.38. The molecular weight excluding hydrogens is 361 g/mol. The predicted molar refractivity (Wildman–Crippen MR) is 89.3 cm³/mol. The molecule has 2 aromatic rings. The molecule has 0 N–H and O–H groups in total. The van der Waals surface area contributed by atoms with E-state index in [4.69, 9.17) is 28.5 Å². The maximum absolute atomic E-state index is 12.0. The van der Waals surface area contributed by atoms with Crippen molar-refractivity contribution < 1.29 is 4.92 Å². The van der Waals surface area contributed by atoms with Crippen molar-refractivity contribution in [2.24, 2.45) is 0 Å². The average molecular weight is 370 g/mol. The number of hydrogen-bond acceptors (Lipinski definition) is 5. The zero-order valence-electron chi connectivity index (χ0n) is 11.5. The molecule has 0 bridgehead atoms. The summed E-state index contributed by atoms with van der Waals surface area (Å²) in [6, 6.07) is 7.68. The van der Waals surface area contributed by atoms with E-state index >= 15 is 0 Å². The quantitative estimate of drug-likeness (QED) is 0.455. The lowest BCUT2D eigenvalue weighted by atomic mass is 10.3. The molecule has 0 aliphatic heterocycles. The Morgan fingerprint density at radius 2 is 2.09 bits per heavy atom. The van der Waals surface area contributed by atoms with Crippen LogP contribution in [0.5, 0.6) is 0 Å². The highest BCUT2D eigenvalue weighted by atomic mass is 35.5. The van der Waals surface area contributed by atoms with Crippen molar-refractivity contribution >= 4 is 40.7 Å². The molecule has 6 nitrogen and oxygen atoms in total. The molecule has 23 heavy (non-hydrogen) atoms. The third-order valence-corrected chi connectivity index (χ3v) is 4.60. The highest BCUT2D eigenvalue weighted by molar-refractivity contribution is 7.99. The fraction of sp³-hybridized carbons (Fsp3) is 0.143. The van der Waals surface area contributed by atoms with E-state index in [2.05, 4.69) is 0 Å². The minimum absolute atomic E-state index is 0.197. The summed E-state index contributed by atoms with van der Waals surface area (Å²) in [6.45, 7) is 0.197. The first-order valence-corrected chi connectivity index (χ1v) is 8.03. The number of benzene rings is 1. The lowest BCUT2D eigenvalue weighted by Crippen LogP contribution is -2.23. The summed E-state index contributed by atoms with van der Waals surface area (Å²) in [7, 11) is 0. The van der Waals surface area contributed by atoms with Crippen LogP contribution in [-0.4, -0.2) is 15.2 Å². The highest BCUT2D eigenvalue weighted by Gasteiger charge is 2.13. The Morgan fingerprint density at radius 1 is 1.35 bits per heavy atom. The van der Waals surface area contributed by atoms with E-state index in [1.165, 1.54) is 11.8 Å². The van der Waals surface area contributed by atoms with E-state index in [1.807, 2.05) is 0 Å². The highest BCUT2D eigenvalue weighted by Crippen LogP contribution is 2.29. The number of nitriles is 1. The first-order valence-electron chi connectivity index (χ1n) is 6.29. The molecule has 1 aromatic heterocycles. The predicted octanol–water partition coefficient (Wildman–Crippen LogP) is 3.73. The summed E-state index contributed by atoms with van der Waals surface area (Å²) in [5.41, 5.74) is -1.12. The molecule has 0 saturated heterocycles. The minimum Gasteiger partial charge on any atom is -0.307 e. The van der Waals surface area contributed by atoms with Crippen LogP contribution in [0.15, 0.2) is 40.2 Å². The van der Waals surface area contributed by atoms with Gasteiger partial charge in [0.05, 0.1) is 16.1 Å². The Bertz CT molecular complexity index is 861. The molecule has 0 radical (unpaired) electrons. The smallest absolute Gasteiger partial charge is 0.287 e. The van der Waals surface area contributed by atoms with Gasteiger partial charge in [-0.2, -0.15) is 5.26 Å². The van der Waals surface area contributed by atoms with E-state index in [9.17, 15) is 14.9 Å². The zero-order valence-corrected chi connectivity index (χ0v) is 13.9. The van der Waals surface area contributed by atoms with E-state index in [1.54, 1.807) is 24.3 Å². The number of nitro groups is 1. The molecule has 0 unspecified atom stereocenters. The van der Waals surface area contributed by atoms with Crippen LogP contribution >= 0.6 is 35.0 Å². The number of thioether (sulfide) groups is 1. The Hall–Kier alpha value is -2.01. The van der Waals surface area contributed by atoms with E-state index in [-0.39, 0.29) is 17.8 Å². The van der Waals surface area contributed by atoms with Gasteiger partial charge in [0.1, 0.15) is 11.6 Å². The Kier molecular flexibility index (Phi) is 5.66. The lowest BCUT2D eigenvalue weighted by molar-refractivity contribution is -0.385. The molecule has 0 saturated carbocycles. The number of nitrogens with zero attached hydrogens (tertiary/aromatic N) is 3. The van der Waals surface area contributed by atoms with Crippen LogP contribution in [-0.2, 0) is 6.54 Å². The van der Waals surface area contributed by atoms with Crippen LogP contribution < -0.4 is 5.56 Å². The van der Waals surface area contributed by atoms with Crippen LogP contribution in [0.25, 0.3) is 0 Å². The Labute approximate surface area is 145 Å². The number of hydrogen-bond donors (Lipinski definition) is 0. The van der Waals surface area contributed by atoms with Crippen molar-refractivity contribution in [3.8, 4) is 6.07 Å². The van der Waals surface area contributed by atoms with Crippen molar-refractivity contribution in [1.82, 2.24) is 4.57 Å². The number of halogens is 2. The van der Waals surface area contributed by atoms with Crippen LogP contribution in [0, 0.1) is 21.4 Å². The summed E-state index contributed by atoms with van der Waals surface area (Å²) in [6.07, 6.45) is 1.13. The second kappa shape index (κ2) is 7.51. The van der Waals surface area contributed by atoms with Gasteiger partial charge in [-0.25, -0.2) is 0 Å². The molecular formula is C14H9Cl2N3O3S. The first-order chi connectivity index (χ1) is 10.9. The Balaban J connectivity index is 2.19. The molecule has 9 heteroatoms. The number of rotatable bonds is 5. The van der Waals surface area contributed by atoms with Crippen molar-refractivity contribution in [1.29, 1.82) is 5.26 Å². The topological polar surface area (TPSA) is 88.9 Å². The molecule has 0 amide bonds. The molecule has 2 rings (SSSR count). The van der Waals surface area contributed by atoms with Gasteiger partial charge in [-0.3, -0.25) is 14.9 Å². The maximum atomic E-state index is 12.0. The van der Waals surface area contributed by atoms with Crippen LogP contribution in [0.2, 0.25) is 10.0 Å². The van der Waals surface area contributed by atoms with Gasteiger partial charge < -0.3 is 4.57 Å². The summed E-state index contributed by atoms with van der Waals surface area (Å²) < 4.78 is 1.15. The molecule has 0 fully saturated rings. The van der Waals surface area contributed by atoms with E-state index in [0.29, 0.717) is 15.8 Å². The maximum Gasteiger partial charge on any atom is 0.287 e. The fourth-order valence-corrected chi connectivity index (χ4v) is 3.25. The van der Waals surface area contributed by atoms with Crippen molar-refractivity contribution in [3.63, 3.8) is 0 Å². The van der Waals surface area contributed by atoms with Crippen LogP contribution in [0.3, 0.4) is 0 Å². The van der Waals surface area contributed by atoms with Crippen molar-refractivity contribution in [2.45, 2.75) is 11.4 Å². The number of aryl methyl sites for hydroxylation is 1. The zero-order chi connectivity index (χ0) is 17.0. The number of aromatic nitrogens is 1. The average Bonchev–Trinajstić information content (AvgIpc) is 2.52. The van der Waals surface area contributed by atoms with Crippen molar-refractivity contribution in [3.05, 3.63) is 66.5 Å². The molecule has 0 atom stereocenters. The van der Waals surface area contributed by atoms with Gasteiger partial charge in [-0.1, -0.05) is 23.2 Å².